The Hall–Kier alpha value is -2.91. The third kappa shape index (κ3) is 5.30. The Morgan fingerprint density at radius 1 is 1.20 bits per heavy atom. The van der Waals surface area contributed by atoms with Gasteiger partial charge in [0.15, 0.2) is 5.11 Å². The van der Waals surface area contributed by atoms with E-state index in [0.29, 0.717) is 16.5 Å². The number of nitro benzene ring substituents is 1. The average molecular weight is 382 g/mol. The zero-order valence-corrected chi connectivity index (χ0v) is 14.4. The summed E-state index contributed by atoms with van der Waals surface area (Å²) in [6, 6.07) is 10.7. The summed E-state index contributed by atoms with van der Waals surface area (Å²) in [5.41, 5.74) is -0.185. The lowest BCUT2D eigenvalue weighted by Crippen LogP contribution is -2.34. The number of carbonyl (C=O) groups excluding carboxylic acids is 1. The molecule has 0 saturated carbocycles. The van der Waals surface area contributed by atoms with Crippen molar-refractivity contribution in [3.05, 3.63) is 57.6 Å². The van der Waals surface area contributed by atoms with Crippen LogP contribution in [0.3, 0.4) is 0 Å². The maximum atomic E-state index is 11.1. The van der Waals surface area contributed by atoms with Gasteiger partial charge in [0.25, 0.3) is 5.69 Å². The standard InChI is InChI=1S/C15H12ClN3O5S/c1-23-15(20)18-14(25)17-12-8-11(6-7-13(12)19(21)22)24-10-4-2-9(16)3-5-10/h2-8H,1H3,(H2,17,18,20,25). The first kappa shape index (κ1) is 18.4. The van der Waals surface area contributed by atoms with Gasteiger partial charge in [0, 0.05) is 17.2 Å². The minimum Gasteiger partial charge on any atom is -0.457 e. The quantitative estimate of drug-likeness (QED) is 0.467. The number of anilines is 1. The maximum absolute atomic E-state index is 11.1. The smallest absolute Gasteiger partial charge is 0.413 e. The van der Waals surface area contributed by atoms with Crippen LogP contribution in [0.4, 0.5) is 16.2 Å². The summed E-state index contributed by atoms with van der Waals surface area (Å²) in [7, 11) is 1.17. The van der Waals surface area contributed by atoms with E-state index in [1.807, 2.05) is 0 Å². The first-order chi connectivity index (χ1) is 11.9. The van der Waals surface area contributed by atoms with Gasteiger partial charge in [-0.15, -0.1) is 0 Å². The molecule has 0 heterocycles. The Morgan fingerprint density at radius 3 is 2.44 bits per heavy atom. The Kier molecular flexibility index (Phi) is 6.09. The normalized spacial score (nSPS) is 9.84. The summed E-state index contributed by atoms with van der Waals surface area (Å²) in [6.07, 6.45) is -0.797. The fourth-order valence-electron chi connectivity index (χ4n) is 1.77. The van der Waals surface area contributed by atoms with Gasteiger partial charge in [0.1, 0.15) is 17.2 Å². The van der Waals surface area contributed by atoms with Gasteiger partial charge in [-0.25, -0.2) is 4.79 Å². The first-order valence-electron chi connectivity index (χ1n) is 6.77. The second kappa shape index (κ2) is 8.27. The fraction of sp³-hybridized carbons (Fsp3) is 0.0667. The van der Waals surface area contributed by atoms with Crippen LogP contribution in [0.1, 0.15) is 0 Å². The molecule has 10 heteroatoms. The van der Waals surface area contributed by atoms with Crippen LogP contribution in [-0.4, -0.2) is 23.2 Å². The molecular formula is C15H12ClN3O5S. The minimum absolute atomic E-state index is 0.0536. The first-order valence-corrected chi connectivity index (χ1v) is 7.55. The van der Waals surface area contributed by atoms with E-state index in [4.69, 9.17) is 28.6 Å². The molecule has 0 aliphatic rings. The van der Waals surface area contributed by atoms with E-state index in [-0.39, 0.29) is 16.5 Å². The molecule has 130 valence electrons. The molecule has 0 aliphatic heterocycles. The number of ether oxygens (including phenoxy) is 2. The van der Waals surface area contributed by atoms with Gasteiger partial charge in [0.2, 0.25) is 0 Å². The van der Waals surface area contributed by atoms with E-state index in [1.54, 1.807) is 24.3 Å². The molecule has 0 bridgehead atoms. The molecule has 2 N–H and O–H groups in total. The van der Waals surface area contributed by atoms with E-state index >= 15 is 0 Å². The van der Waals surface area contributed by atoms with Crippen LogP contribution in [0.25, 0.3) is 0 Å². The Balaban J connectivity index is 2.23. The fourth-order valence-corrected chi connectivity index (χ4v) is 2.09. The van der Waals surface area contributed by atoms with Crippen LogP contribution >= 0.6 is 23.8 Å². The summed E-state index contributed by atoms with van der Waals surface area (Å²) in [4.78, 5) is 21.7. The highest BCUT2D eigenvalue weighted by Crippen LogP contribution is 2.31. The molecule has 0 aliphatic carbocycles. The Morgan fingerprint density at radius 2 is 1.84 bits per heavy atom. The number of thiocarbonyl (C=S) groups is 1. The molecule has 0 aromatic heterocycles. The predicted octanol–water partition coefficient (Wildman–Crippen LogP) is 4.09. The second-order valence-electron chi connectivity index (χ2n) is 4.56. The summed E-state index contributed by atoms with van der Waals surface area (Å²) in [5.74, 6) is 0.829. The van der Waals surface area contributed by atoms with Crippen LogP contribution in [0, 0.1) is 10.1 Å². The molecule has 1 amide bonds. The molecule has 8 nitrogen and oxygen atoms in total. The second-order valence-corrected chi connectivity index (χ2v) is 5.41. The molecule has 0 spiro atoms. The Labute approximate surface area is 152 Å². The number of nitro groups is 1. The van der Waals surface area contributed by atoms with Crippen LogP contribution in [-0.2, 0) is 4.74 Å². The van der Waals surface area contributed by atoms with Crippen LogP contribution in [0.15, 0.2) is 42.5 Å². The van der Waals surface area contributed by atoms with Gasteiger partial charge in [-0.05, 0) is 42.5 Å². The molecule has 0 atom stereocenters. The molecular weight excluding hydrogens is 370 g/mol. The molecule has 0 saturated heterocycles. The van der Waals surface area contributed by atoms with Crippen molar-refractivity contribution in [2.24, 2.45) is 0 Å². The van der Waals surface area contributed by atoms with E-state index < -0.39 is 11.0 Å². The largest absolute Gasteiger partial charge is 0.457 e. The lowest BCUT2D eigenvalue weighted by molar-refractivity contribution is -0.383. The number of rotatable bonds is 4. The van der Waals surface area contributed by atoms with Crippen molar-refractivity contribution in [1.29, 1.82) is 0 Å². The van der Waals surface area contributed by atoms with Crippen molar-refractivity contribution in [3.8, 4) is 11.5 Å². The third-order valence-electron chi connectivity index (χ3n) is 2.86. The number of amides is 1. The molecule has 0 radical (unpaired) electrons. The molecule has 25 heavy (non-hydrogen) atoms. The monoisotopic (exact) mass is 381 g/mol. The lowest BCUT2D eigenvalue weighted by Gasteiger charge is -2.11. The molecule has 2 rings (SSSR count). The van der Waals surface area contributed by atoms with E-state index in [1.165, 1.54) is 25.3 Å². The van der Waals surface area contributed by atoms with Crippen molar-refractivity contribution in [1.82, 2.24) is 5.32 Å². The van der Waals surface area contributed by atoms with Gasteiger partial charge in [-0.2, -0.15) is 0 Å². The van der Waals surface area contributed by atoms with Gasteiger partial charge < -0.3 is 14.8 Å². The van der Waals surface area contributed by atoms with Crippen LogP contribution in [0.2, 0.25) is 5.02 Å². The van der Waals surface area contributed by atoms with Crippen molar-refractivity contribution in [2.45, 2.75) is 0 Å². The number of hydrogen-bond acceptors (Lipinski definition) is 6. The predicted molar refractivity (Wildman–Crippen MR) is 96.4 cm³/mol. The zero-order chi connectivity index (χ0) is 18.4. The molecule has 0 fully saturated rings. The van der Waals surface area contributed by atoms with Gasteiger partial charge in [0.05, 0.1) is 12.0 Å². The number of carbonyl (C=O) groups is 1. The number of hydrogen-bond donors (Lipinski definition) is 2. The summed E-state index contributed by atoms with van der Waals surface area (Å²) < 4.78 is 10.0. The highest BCUT2D eigenvalue weighted by Gasteiger charge is 2.17. The number of alkyl carbamates (subject to hydrolysis) is 1. The number of halogens is 1. The van der Waals surface area contributed by atoms with Crippen molar-refractivity contribution in [2.75, 3.05) is 12.4 Å². The van der Waals surface area contributed by atoms with Gasteiger partial charge >= 0.3 is 6.09 Å². The van der Waals surface area contributed by atoms with Crippen LogP contribution in [0.5, 0.6) is 11.5 Å². The van der Waals surface area contributed by atoms with Gasteiger partial charge in [-0.3, -0.25) is 15.4 Å². The summed E-state index contributed by atoms with van der Waals surface area (Å²) in [6.45, 7) is 0. The highest BCUT2D eigenvalue weighted by atomic mass is 35.5. The number of benzene rings is 2. The van der Waals surface area contributed by atoms with Crippen molar-refractivity contribution >= 4 is 46.4 Å². The van der Waals surface area contributed by atoms with Crippen LogP contribution < -0.4 is 15.4 Å². The van der Waals surface area contributed by atoms with Gasteiger partial charge in [-0.1, -0.05) is 11.6 Å². The molecule has 0 unspecified atom stereocenters. The number of nitrogens with one attached hydrogen (secondary N) is 2. The third-order valence-corrected chi connectivity index (χ3v) is 3.32. The summed E-state index contributed by atoms with van der Waals surface area (Å²) in [5, 5.41) is 16.3. The number of nitrogens with zero attached hydrogens (tertiary/aromatic N) is 1. The highest BCUT2D eigenvalue weighted by molar-refractivity contribution is 7.80. The van der Waals surface area contributed by atoms with E-state index in [9.17, 15) is 14.9 Å². The maximum Gasteiger partial charge on any atom is 0.413 e. The molecule has 2 aromatic carbocycles. The topological polar surface area (TPSA) is 103 Å². The van der Waals surface area contributed by atoms with Crippen molar-refractivity contribution in [3.63, 3.8) is 0 Å². The minimum atomic E-state index is -0.797. The lowest BCUT2D eigenvalue weighted by atomic mass is 10.2. The summed E-state index contributed by atoms with van der Waals surface area (Å²) >= 11 is 10.7. The zero-order valence-electron chi connectivity index (χ0n) is 12.8. The number of methoxy groups -OCH3 is 1. The molecule has 2 aromatic rings. The van der Waals surface area contributed by atoms with E-state index in [0.717, 1.165) is 0 Å². The Bertz CT molecular complexity index is 813. The van der Waals surface area contributed by atoms with E-state index in [2.05, 4.69) is 15.4 Å². The van der Waals surface area contributed by atoms with Crippen molar-refractivity contribution < 1.29 is 19.2 Å². The SMILES string of the molecule is COC(=O)NC(=S)Nc1cc(Oc2ccc(Cl)cc2)ccc1[N+](=O)[O-]. The average Bonchev–Trinajstić information content (AvgIpc) is 2.56.